The monoisotopic (exact) mass is 420 g/mol. The van der Waals surface area contributed by atoms with Gasteiger partial charge in [-0.3, -0.25) is 5.32 Å². The molecule has 3 N–H and O–H groups in total. The van der Waals surface area contributed by atoms with Gasteiger partial charge in [-0.05, 0) is 42.7 Å². The molecule has 1 atom stereocenters. The third-order valence-corrected chi connectivity index (χ3v) is 5.13. The Hall–Kier alpha value is -3.72. The van der Waals surface area contributed by atoms with Crippen LogP contribution in [0, 0.1) is 0 Å². The predicted octanol–water partition coefficient (Wildman–Crippen LogP) is 3.15. The number of hydrogen-bond acceptors (Lipinski definition) is 7. The van der Waals surface area contributed by atoms with Crippen molar-refractivity contribution in [2.24, 2.45) is 0 Å². The summed E-state index contributed by atoms with van der Waals surface area (Å²) in [5, 5.41) is 15.1. The van der Waals surface area contributed by atoms with Gasteiger partial charge in [-0.25, -0.2) is 14.8 Å². The van der Waals surface area contributed by atoms with Crippen LogP contribution in [0.1, 0.15) is 12.8 Å². The lowest BCUT2D eigenvalue weighted by Crippen LogP contribution is -2.33. The van der Waals surface area contributed by atoms with E-state index in [9.17, 15) is 9.90 Å². The summed E-state index contributed by atoms with van der Waals surface area (Å²) < 4.78 is 5.09. The summed E-state index contributed by atoms with van der Waals surface area (Å²) in [6.07, 6.45) is 5.20. The minimum Gasteiger partial charge on any atom is -0.481 e. The maximum absolute atomic E-state index is 12.5. The van der Waals surface area contributed by atoms with Crippen LogP contribution >= 0.6 is 0 Å². The third-order valence-electron chi connectivity index (χ3n) is 5.13. The number of aliphatic hydroxyl groups excluding tert-OH is 1. The molecule has 1 aromatic carbocycles. The van der Waals surface area contributed by atoms with Crippen LogP contribution in [0.3, 0.4) is 0 Å². The number of ether oxygens (including phenoxy) is 1. The summed E-state index contributed by atoms with van der Waals surface area (Å²) in [5.41, 5.74) is 2.47. The molecule has 0 aliphatic carbocycles. The van der Waals surface area contributed by atoms with Crippen LogP contribution in [0.5, 0.6) is 5.88 Å². The highest BCUT2D eigenvalue weighted by Crippen LogP contribution is 2.24. The molecule has 1 fully saturated rings. The molecule has 0 bridgehead atoms. The number of hydrogen-bond donors (Lipinski definition) is 3. The first kappa shape index (κ1) is 20.5. The zero-order valence-electron chi connectivity index (χ0n) is 17.2. The highest BCUT2D eigenvalue weighted by molar-refractivity contribution is 5.99. The van der Waals surface area contributed by atoms with E-state index >= 15 is 0 Å². The smallest absolute Gasteiger partial charge is 0.324 e. The van der Waals surface area contributed by atoms with Gasteiger partial charge in [-0.2, -0.15) is 4.98 Å². The number of carbonyl (C=O) groups excluding carboxylic acids is 1. The number of carbonyl (C=O) groups is 1. The highest BCUT2D eigenvalue weighted by atomic mass is 16.5. The summed E-state index contributed by atoms with van der Waals surface area (Å²) in [7, 11) is 1.57. The van der Waals surface area contributed by atoms with Gasteiger partial charge in [0, 0.05) is 36.3 Å². The van der Waals surface area contributed by atoms with Crippen molar-refractivity contribution in [2.45, 2.75) is 18.9 Å². The fourth-order valence-electron chi connectivity index (χ4n) is 3.57. The number of amides is 2. The van der Waals surface area contributed by atoms with Crippen molar-refractivity contribution >= 4 is 23.5 Å². The molecule has 1 aliphatic heterocycles. The largest absolute Gasteiger partial charge is 0.481 e. The maximum atomic E-state index is 12.5. The summed E-state index contributed by atoms with van der Waals surface area (Å²) in [4.78, 5) is 27.4. The Morgan fingerprint density at radius 3 is 2.87 bits per heavy atom. The van der Waals surface area contributed by atoms with Gasteiger partial charge < -0.3 is 20.1 Å². The molecule has 4 rings (SSSR count). The molecule has 160 valence electrons. The molecule has 3 aromatic rings. The zero-order chi connectivity index (χ0) is 21.6. The number of nitrogens with one attached hydrogen (secondary N) is 2. The Kier molecular flexibility index (Phi) is 6.23. The van der Waals surface area contributed by atoms with Crippen molar-refractivity contribution in [3.8, 4) is 17.0 Å². The van der Waals surface area contributed by atoms with E-state index in [1.54, 1.807) is 31.6 Å². The molecule has 1 unspecified atom stereocenters. The van der Waals surface area contributed by atoms with Gasteiger partial charge in [0.25, 0.3) is 0 Å². The van der Waals surface area contributed by atoms with Crippen molar-refractivity contribution in [1.29, 1.82) is 0 Å². The molecule has 1 saturated heterocycles. The van der Waals surface area contributed by atoms with E-state index in [1.165, 1.54) is 0 Å². The van der Waals surface area contributed by atoms with Gasteiger partial charge in [0.2, 0.25) is 11.8 Å². The number of pyridine rings is 1. The zero-order valence-corrected chi connectivity index (χ0v) is 17.2. The number of methoxy groups -OCH3 is 1. The van der Waals surface area contributed by atoms with E-state index in [4.69, 9.17) is 4.74 Å². The number of anilines is 3. The molecule has 0 spiro atoms. The standard InChI is InChI=1S/C22H24N6O3/c1-31-20-8-7-16(13-24-20)15-4-2-5-17(12-15)25-22(30)27-19-9-10-23-21(26-19)28-11-3-6-18(28)14-29/h2,4-5,7-10,12-13,18,29H,3,6,11,14H2,1H3,(H2,23,25,26,27,30). The van der Waals surface area contributed by atoms with Crippen LogP contribution in [-0.4, -0.2) is 52.4 Å². The van der Waals surface area contributed by atoms with Crippen LogP contribution in [-0.2, 0) is 0 Å². The lowest BCUT2D eigenvalue weighted by atomic mass is 10.1. The van der Waals surface area contributed by atoms with Crippen LogP contribution in [0.15, 0.2) is 54.9 Å². The highest BCUT2D eigenvalue weighted by Gasteiger charge is 2.26. The molecule has 3 heterocycles. The Balaban J connectivity index is 1.43. The van der Waals surface area contributed by atoms with Crippen LogP contribution in [0.25, 0.3) is 11.1 Å². The minimum absolute atomic E-state index is 0.0132. The summed E-state index contributed by atoms with van der Waals surface area (Å²) >= 11 is 0. The van der Waals surface area contributed by atoms with Gasteiger partial charge in [0.05, 0.1) is 19.8 Å². The molecule has 1 aliphatic rings. The van der Waals surface area contributed by atoms with E-state index < -0.39 is 6.03 Å². The Bertz CT molecular complexity index is 1040. The number of benzene rings is 1. The van der Waals surface area contributed by atoms with E-state index in [0.29, 0.717) is 23.3 Å². The topological polar surface area (TPSA) is 112 Å². The number of rotatable bonds is 6. The Morgan fingerprint density at radius 1 is 1.19 bits per heavy atom. The number of nitrogens with zero attached hydrogens (tertiary/aromatic N) is 4. The van der Waals surface area contributed by atoms with Crippen molar-refractivity contribution in [1.82, 2.24) is 15.0 Å². The average molecular weight is 420 g/mol. The Labute approximate surface area is 180 Å². The molecule has 2 aromatic heterocycles. The maximum Gasteiger partial charge on any atom is 0.324 e. The summed E-state index contributed by atoms with van der Waals surface area (Å²) in [6.45, 7) is 0.843. The number of urea groups is 1. The molecule has 9 nitrogen and oxygen atoms in total. The Morgan fingerprint density at radius 2 is 2.10 bits per heavy atom. The molecular formula is C22H24N6O3. The molecular weight excluding hydrogens is 396 g/mol. The second kappa shape index (κ2) is 9.40. The van der Waals surface area contributed by atoms with Gasteiger partial charge in [-0.15, -0.1) is 0 Å². The van der Waals surface area contributed by atoms with Gasteiger partial charge in [-0.1, -0.05) is 12.1 Å². The molecule has 31 heavy (non-hydrogen) atoms. The van der Waals surface area contributed by atoms with Crippen molar-refractivity contribution in [2.75, 3.05) is 35.8 Å². The SMILES string of the molecule is COc1ccc(-c2cccc(NC(=O)Nc3ccnc(N4CCCC4CO)n3)c2)cn1. The summed E-state index contributed by atoms with van der Waals surface area (Å²) in [6, 6.07) is 12.4. The molecule has 2 amide bonds. The minimum atomic E-state index is -0.408. The van der Waals surface area contributed by atoms with Crippen molar-refractivity contribution in [3.63, 3.8) is 0 Å². The van der Waals surface area contributed by atoms with E-state index in [0.717, 1.165) is 30.5 Å². The van der Waals surface area contributed by atoms with Gasteiger partial charge in [0.15, 0.2) is 0 Å². The molecule has 9 heteroatoms. The van der Waals surface area contributed by atoms with Gasteiger partial charge in [0.1, 0.15) is 5.82 Å². The first-order chi connectivity index (χ1) is 15.2. The normalized spacial score (nSPS) is 15.5. The first-order valence-corrected chi connectivity index (χ1v) is 10.1. The average Bonchev–Trinajstić information content (AvgIpc) is 3.28. The van der Waals surface area contributed by atoms with E-state index in [2.05, 4.69) is 25.6 Å². The first-order valence-electron chi connectivity index (χ1n) is 10.1. The van der Waals surface area contributed by atoms with Crippen molar-refractivity contribution in [3.05, 3.63) is 54.9 Å². The van der Waals surface area contributed by atoms with Crippen LogP contribution < -0.4 is 20.3 Å². The second-order valence-electron chi connectivity index (χ2n) is 7.16. The van der Waals surface area contributed by atoms with Crippen molar-refractivity contribution < 1.29 is 14.6 Å². The van der Waals surface area contributed by atoms with Crippen LogP contribution in [0.4, 0.5) is 22.2 Å². The number of aromatic nitrogens is 3. The summed E-state index contributed by atoms with van der Waals surface area (Å²) in [5.74, 6) is 1.44. The quantitative estimate of drug-likeness (QED) is 0.561. The fraction of sp³-hybridized carbons (Fsp3) is 0.273. The van der Waals surface area contributed by atoms with Crippen LogP contribution in [0.2, 0.25) is 0 Å². The second-order valence-corrected chi connectivity index (χ2v) is 7.16. The van der Waals surface area contributed by atoms with E-state index in [-0.39, 0.29) is 12.6 Å². The van der Waals surface area contributed by atoms with Gasteiger partial charge >= 0.3 is 6.03 Å². The molecule has 0 radical (unpaired) electrons. The molecule has 0 saturated carbocycles. The lowest BCUT2D eigenvalue weighted by Gasteiger charge is -2.23. The lowest BCUT2D eigenvalue weighted by molar-refractivity contribution is 0.262. The predicted molar refractivity (Wildman–Crippen MR) is 118 cm³/mol. The fourth-order valence-corrected chi connectivity index (χ4v) is 3.57. The van der Waals surface area contributed by atoms with E-state index in [1.807, 2.05) is 35.2 Å². The number of aliphatic hydroxyl groups is 1. The third kappa shape index (κ3) is 4.89.